The molecule has 0 heterocycles. The Morgan fingerprint density at radius 1 is 0.429 bits per heavy atom. The first kappa shape index (κ1) is 45.9. The zero-order valence-electron chi connectivity index (χ0n) is 31.4. The molecule has 0 spiro atoms. The van der Waals surface area contributed by atoms with E-state index in [1.165, 1.54) is 64.2 Å². The van der Waals surface area contributed by atoms with E-state index >= 15 is 0 Å². The molecule has 6 heteroatoms. The van der Waals surface area contributed by atoms with Gasteiger partial charge in [-0.3, -0.25) is 14.4 Å². The molecule has 0 rings (SSSR count). The Bertz CT molecular complexity index is 971. The van der Waals surface area contributed by atoms with Gasteiger partial charge in [-0.1, -0.05) is 164 Å². The molecule has 0 N–H and O–H groups in total. The first-order chi connectivity index (χ1) is 24.0. The molecule has 0 saturated carbocycles. The Morgan fingerprint density at radius 3 is 1.39 bits per heavy atom. The van der Waals surface area contributed by atoms with Gasteiger partial charge in [-0.25, -0.2) is 0 Å². The summed E-state index contributed by atoms with van der Waals surface area (Å²) in [5.41, 5.74) is 0. The molecule has 0 bridgehead atoms. The van der Waals surface area contributed by atoms with E-state index in [9.17, 15) is 14.4 Å². The van der Waals surface area contributed by atoms with Crippen molar-refractivity contribution in [2.45, 2.75) is 168 Å². The highest BCUT2D eigenvalue weighted by atomic mass is 16.6. The van der Waals surface area contributed by atoms with Crippen LogP contribution >= 0.6 is 0 Å². The molecule has 0 aromatic heterocycles. The molecule has 0 saturated heterocycles. The van der Waals surface area contributed by atoms with Crippen LogP contribution in [-0.4, -0.2) is 37.2 Å². The summed E-state index contributed by atoms with van der Waals surface area (Å²) in [7, 11) is 0. The quantitative estimate of drug-likeness (QED) is 0.0225. The van der Waals surface area contributed by atoms with Crippen molar-refractivity contribution in [1.82, 2.24) is 0 Å². The highest BCUT2D eigenvalue weighted by molar-refractivity contribution is 5.71. The van der Waals surface area contributed by atoms with Crippen LogP contribution in [0.3, 0.4) is 0 Å². The fourth-order valence-electron chi connectivity index (χ4n) is 4.88. The van der Waals surface area contributed by atoms with Gasteiger partial charge >= 0.3 is 17.9 Å². The molecule has 6 nitrogen and oxygen atoms in total. The molecule has 278 valence electrons. The zero-order valence-corrected chi connectivity index (χ0v) is 31.4. The third-order valence-electron chi connectivity index (χ3n) is 7.82. The van der Waals surface area contributed by atoms with E-state index in [2.05, 4.69) is 39.0 Å². The van der Waals surface area contributed by atoms with Gasteiger partial charge in [0.2, 0.25) is 0 Å². The molecule has 0 aromatic rings. The zero-order chi connectivity index (χ0) is 35.9. The lowest BCUT2D eigenvalue weighted by Gasteiger charge is -2.18. The van der Waals surface area contributed by atoms with Gasteiger partial charge in [0.25, 0.3) is 0 Å². The summed E-state index contributed by atoms with van der Waals surface area (Å²) < 4.78 is 16.5. The highest BCUT2D eigenvalue weighted by Gasteiger charge is 2.19. The number of carbonyl (C=O) groups excluding carboxylic acids is 3. The number of esters is 3. The minimum atomic E-state index is -0.812. The van der Waals surface area contributed by atoms with Crippen LogP contribution in [0.15, 0.2) is 72.9 Å². The molecule has 0 fully saturated rings. The molecule has 49 heavy (non-hydrogen) atoms. The fraction of sp³-hybridized carbons (Fsp3) is 0.651. The Morgan fingerprint density at radius 2 is 0.837 bits per heavy atom. The van der Waals surface area contributed by atoms with Gasteiger partial charge < -0.3 is 14.2 Å². The third-order valence-corrected chi connectivity index (χ3v) is 7.82. The first-order valence-corrected chi connectivity index (χ1v) is 19.5. The van der Waals surface area contributed by atoms with Crippen molar-refractivity contribution >= 4 is 17.9 Å². The number of allylic oxidation sites excluding steroid dienone is 12. The molecule has 0 amide bonds. The van der Waals surface area contributed by atoms with Crippen molar-refractivity contribution in [2.75, 3.05) is 13.2 Å². The molecular formula is C43H70O6. The second kappa shape index (κ2) is 37.7. The summed E-state index contributed by atoms with van der Waals surface area (Å²) in [4.78, 5) is 37.3. The van der Waals surface area contributed by atoms with Gasteiger partial charge in [-0.2, -0.15) is 0 Å². The first-order valence-electron chi connectivity index (χ1n) is 19.5. The second-order valence-corrected chi connectivity index (χ2v) is 12.6. The van der Waals surface area contributed by atoms with Crippen molar-refractivity contribution < 1.29 is 28.6 Å². The summed E-state index contributed by atoms with van der Waals surface area (Å²) in [6, 6.07) is 0. The number of hydrogen-bond acceptors (Lipinski definition) is 6. The Labute approximate surface area is 300 Å². The lowest BCUT2D eigenvalue weighted by atomic mass is 10.1. The summed E-state index contributed by atoms with van der Waals surface area (Å²) in [6.45, 7) is 6.30. The van der Waals surface area contributed by atoms with Crippen LogP contribution in [-0.2, 0) is 28.6 Å². The largest absolute Gasteiger partial charge is 0.462 e. The molecule has 0 aliphatic heterocycles. The van der Waals surface area contributed by atoms with Gasteiger partial charge in [0.05, 0.1) is 0 Å². The van der Waals surface area contributed by atoms with E-state index in [0.29, 0.717) is 19.3 Å². The maximum absolute atomic E-state index is 12.6. The van der Waals surface area contributed by atoms with Crippen LogP contribution in [0.4, 0.5) is 0 Å². The Kier molecular flexibility index (Phi) is 35.2. The van der Waals surface area contributed by atoms with Crippen molar-refractivity contribution in [2.24, 2.45) is 0 Å². The second-order valence-electron chi connectivity index (χ2n) is 12.6. The van der Waals surface area contributed by atoms with Crippen LogP contribution in [0.25, 0.3) is 0 Å². The van der Waals surface area contributed by atoms with E-state index in [-0.39, 0.29) is 44.0 Å². The summed E-state index contributed by atoms with van der Waals surface area (Å²) in [6.07, 6.45) is 44.8. The predicted molar refractivity (Wildman–Crippen MR) is 205 cm³/mol. The van der Waals surface area contributed by atoms with Crippen molar-refractivity contribution in [3.05, 3.63) is 72.9 Å². The van der Waals surface area contributed by atoms with Gasteiger partial charge in [0.15, 0.2) is 6.10 Å². The maximum Gasteiger partial charge on any atom is 0.306 e. The van der Waals surface area contributed by atoms with Crippen molar-refractivity contribution in [3.8, 4) is 0 Å². The summed E-state index contributed by atoms with van der Waals surface area (Å²) >= 11 is 0. The van der Waals surface area contributed by atoms with E-state index in [4.69, 9.17) is 14.2 Å². The Hall–Kier alpha value is -3.15. The van der Waals surface area contributed by atoms with E-state index in [0.717, 1.165) is 44.9 Å². The van der Waals surface area contributed by atoms with Crippen LogP contribution in [0.1, 0.15) is 162 Å². The lowest BCUT2D eigenvalue weighted by molar-refractivity contribution is -0.167. The van der Waals surface area contributed by atoms with Gasteiger partial charge in [0, 0.05) is 19.3 Å². The van der Waals surface area contributed by atoms with E-state index in [1.54, 1.807) is 0 Å². The summed E-state index contributed by atoms with van der Waals surface area (Å²) in [5, 5.41) is 0. The smallest absolute Gasteiger partial charge is 0.306 e. The minimum Gasteiger partial charge on any atom is -0.462 e. The Balaban J connectivity index is 4.55. The standard InChI is InChI=1S/C43H70O6/c1-4-7-10-13-16-19-20-21-22-25-27-30-33-36-42(45)48-39-40(49-43(46)37-34-31-28-24-18-15-12-9-6-3)38-47-41(44)35-32-29-26-23-17-14-11-8-5-2/h7,10,13,16,19-22,24-25,27-28,40H,4-6,8-9,11-12,14-15,17-18,23,26,29-39H2,1-3H3/b10-7-,16-13-,20-19-,22-21-,27-25-,28-24-. The average molecular weight is 683 g/mol. The van der Waals surface area contributed by atoms with Crippen molar-refractivity contribution in [1.29, 1.82) is 0 Å². The molecule has 1 unspecified atom stereocenters. The predicted octanol–water partition coefficient (Wildman–Crippen LogP) is 12.0. The number of carbonyl (C=O) groups is 3. The molecular weight excluding hydrogens is 612 g/mol. The number of hydrogen-bond donors (Lipinski definition) is 0. The number of unbranched alkanes of at least 4 members (excludes halogenated alkanes) is 14. The molecule has 0 radical (unpaired) electrons. The van der Waals surface area contributed by atoms with E-state index in [1.807, 2.05) is 54.7 Å². The van der Waals surface area contributed by atoms with Crippen molar-refractivity contribution in [3.63, 3.8) is 0 Å². The monoisotopic (exact) mass is 683 g/mol. The number of ether oxygens (including phenoxy) is 3. The van der Waals surface area contributed by atoms with Gasteiger partial charge in [-0.15, -0.1) is 0 Å². The lowest BCUT2D eigenvalue weighted by Crippen LogP contribution is -2.30. The van der Waals surface area contributed by atoms with Gasteiger partial charge in [-0.05, 0) is 51.4 Å². The van der Waals surface area contributed by atoms with Gasteiger partial charge in [0.1, 0.15) is 13.2 Å². The van der Waals surface area contributed by atoms with Crippen LogP contribution in [0, 0.1) is 0 Å². The number of rotatable bonds is 33. The maximum atomic E-state index is 12.6. The molecule has 0 aliphatic rings. The minimum absolute atomic E-state index is 0.109. The fourth-order valence-corrected chi connectivity index (χ4v) is 4.88. The van der Waals surface area contributed by atoms with Crippen LogP contribution in [0.2, 0.25) is 0 Å². The average Bonchev–Trinajstić information content (AvgIpc) is 3.10. The van der Waals surface area contributed by atoms with E-state index < -0.39 is 6.10 Å². The third kappa shape index (κ3) is 36.0. The normalized spacial score (nSPS) is 12.8. The molecule has 0 aliphatic carbocycles. The topological polar surface area (TPSA) is 78.9 Å². The summed E-state index contributed by atoms with van der Waals surface area (Å²) in [5.74, 6) is -1.04. The highest BCUT2D eigenvalue weighted by Crippen LogP contribution is 2.12. The SMILES string of the molecule is CC\C=C/C=C\C=C/C=C\C=C/CCCC(=O)OCC(COC(=O)CCCCCCCCCCC)OC(=O)CCC/C=C\CCCCCC. The van der Waals surface area contributed by atoms with Crippen LogP contribution in [0.5, 0.6) is 0 Å². The molecule has 0 aromatic carbocycles. The van der Waals surface area contributed by atoms with Crippen LogP contribution < -0.4 is 0 Å². The molecule has 1 atom stereocenters.